The van der Waals surface area contributed by atoms with Gasteiger partial charge in [0.25, 0.3) is 0 Å². The Hall–Kier alpha value is -0.940. The van der Waals surface area contributed by atoms with Crippen LogP contribution < -0.4 is 0 Å². The summed E-state index contributed by atoms with van der Waals surface area (Å²) in [6.07, 6.45) is -2.98. The molecular weight excluding hydrogens is 268 g/mol. The summed E-state index contributed by atoms with van der Waals surface area (Å²) >= 11 is 0. The third-order valence-electron chi connectivity index (χ3n) is 3.38. The van der Waals surface area contributed by atoms with Gasteiger partial charge in [-0.1, -0.05) is 45.0 Å². The Morgan fingerprint density at radius 2 is 1.43 bits per heavy atom. The summed E-state index contributed by atoms with van der Waals surface area (Å²) in [5, 5.41) is 20.5. The van der Waals surface area contributed by atoms with Crippen molar-refractivity contribution >= 4 is 0 Å². The summed E-state index contributed by atoms with van der Waals surface area (Å²) in [5.41, 5.74) is 1.89. The molecule has 21 heavy (non-hydrogen) atoms. The fourth-order valence-corrected chi connectivity index (χ4v) is 2.10. The minimum atomic E-state index is -1.12. The number of hydrogen-bond donors (Lipinski definition) is 2. The summed E-state index contributed by atoms with van der Waals surface area (Å²) in [6, 6.07) is 7.62. The average molecular weight is 296 g/mol. The first-order valence-corrected chi connectivity index (χ1v) is 7.51. The van der Waals surface area contributed by atoms with Gasteiger partial charge in [0, 0.05) is 13.2 Å². The molecule has 120 valence electrons. The fraction of sp³-hybridized carbons (Fsp3) is 0.647. The number of benzene rings is 1. The molecule has 2 atom stereocenters. The standard InChI is InChI=1S/C17H28O4/c1-6-20-16(21-7-2)15(19)14(18)12-8-10-13(11-9-12)17(3,4)5/h8-11,14-16,18-19H,6-7H2,1-5H3/t14-,15-/m0/s1. The van der Waals surface area contributed by atoms with Gasteiger partial charge in [0.15, 0.2) is 6.29 Å². The maximum absolute atomic E-state index is 10.3. The first-order valence-electron chi connectivity index (χ1n) is 7.51. The molecule has 0 aliphatic heterocycles. The zero-order chi connectivity index (χ0) is 16.0. The zero-order valence-corrected chi connectivity index (χ0v) is 13.7. The number of ether oxygens (including phenoxy) is 2. The van der Waals surface area contributed by atoms with E-state index < -0.39 is 18.5 Å². The third kappa shape index (κ3) is 5.08. The van der Waals surface area contributed by atoms with Gasteiger partial charge in [0.05, 0.1) is 0 Å². The van der Waals surface area contributed by atoms with Crippen molar-refractivity contribution in [3.05, 3.63) is 35.4 Å². The van der Waals surface area contributed by atoms with Gasteiger partial charge in [0.1, 0.15) is 12.2 Å². The average Bonchev–Trinajstić information content (AvgIpc) is 2.45. The van der Waals surface area contributed by atoms with Crippen LogP contribution in [0.25, 0.3) is 0 Å². The van der Waals surface area contributed by atoms with Crippen LogP contribution in [0.5, 0.6) is 0 Å². The number of rotatable bonds is 7. The lowest BCUT2D eigenvalue weighted by Crippen LogP contribution is -2.36. The van der Waals surface area contributed by atoms with E-state index in [0.717, 1.165) is 0 Å². The highest BCUT2D eigenvalue weighted by molar-refractivity contribution is 5.29. The predicted molar refractivity (Wildman–Crippen MR) is 83.1 cm³/mol. The van der Waals surface area contributed by atoms with Crippen LogP contribution in [0.4, 0.5) is 0 Å². The maximum atomic E-state index is 10.3. The molecule has 0 heterocycles. The molecule has 1 rings (SSSR count). The first-order chi connectivity index (χ1) is 9.81. The van der Waals surface area contributed by atoms with Crippen molar-refractivity contribution in [1.29, 1.82) is 0 Å². The van der Waals surface area contributed by atoms with Crippen LogP contribution in [0.1, 0.15) is 51.8 Å². The van der Waals surface area contributed by atoms with Crippen LogP contribution in [0, 0.1) is 0 Å². The second kappa shape index (κ2) is 7.90. The second-order valence-electron chi connectivity index (χ2n) is 6.09. The van der Waals surface area contributed by atoms with Crippen molar-refractivity contribution in [3.63, 3.8) is 0 Å². The van der Waals surface area contributed by atoms with Crippen molar-refractivity contribution in [2.24, 2.45) is 0 Å². The van der Waals surface area contributed by atoms with Gasteiger partial charge in [0.2, 0.25) is 0 Å². The van der Waals surface area contributed by atoms with Crippen molar-refractivity contribution < 1.29 is 19.7 Å². The summed E-state index contributed by atoms with van der Waals surface area (Å²) in [4.78, 5) is 0. The molecule has 1 aromatic rings. The molecule has 0 saturated carbocycles. The molecule has 0 aromatic heterocycles. The largest absolute Gasteiger partial charge is 0.385 e. The summed E-state index contributed by atoms with van der Waals surface area (Å²) in [7, 11) is 0. The molecule has 4 heteroatoms. The third-order valence-corrected chi connectivity index (χ3v) is 3.38. The smallest absolute Gasteiger partial charge is 0.186 e. The molecule has 1 aromatic carbocycles. The lowest BCUT2D eigenvalue weighted by Gasteiger charge is -2.27. The number of aliphatic hydroxyl groups is 2. The Bertz CT molecular complexity index is 402. The Kier molecular flexibility index (Phi) is 6.81. The van der Waals surface area contributed by atoms with E-state index in [-0.39, 0.29) is 5.41 Å². The number of aliphatic hydroxyl groups excluding tert-OH is 2. The highest BCUT2D eigenvalue weighted by Gasteiger charge is 2.28. The molecule has 0 radical (unpaired) electrons. The predicted octanol–water partition coefficient (Wildman–Crippen LogP) is 2.78. The number of hydrogen-bond acceptors (Lipinski definition) is 4. The monoisotopic (exact) mass is 296 g/mol. The van der Waals surface area contributed by atoms with E-state index in [2.05, 4.69) is 20.8 Å². The normalized spacial score (nSPS) is 15.2. The van der Waals surface area contributed by atoms with Crippen LogP contribution >= 0.6 is 0 Å². The Balaban J connectivity index is 2.83. The lowest BCUT2D eigenvalue weighted by molar-refractivity contribution is -0.212. The van der Waals surface area contributed by atoms with Crippen molar-refractivity contribution in [3.8, 4) is 0 Å². The minimum absolute atomic E-state index is 0.0568. The fourth-order valence-electron chi connectivity index (χ4n) is 2.10. The quantitative estimate of drug-likeness (QED) is 0.760. The summed E-state index contributed by atoms with van der Waals surface area (Å²) in [5.74, 6) is 0. The molecule has 0 aliphatic rings. The van der Waals surface area contributed by atoms with Gasteiger partial charge in [-0.3, -0.25) is 0 Å². The molecule has 0 fully saturated rings. The van der Waals surface area contributed by atoms with Gasteiger partial charge in [-0.05, 0) is 30.4 Å². The van der Waals surface area contributed by atoms with Gasteiger partial charge >= 0.3 is 0 Å². The van der Waals surface area contributed by atoms with E-state index in [4.69, 9.17) is 9.47 Å². The molecule has 0 aliphatic carbocycles. The van der Waals surface area contributed by atoms with E-state index in [0.29, 0.717) is 18.8 Å². The SMILES string of the molecule is CCOC(OCC)[C@@H](O)[C@@H](O)c1ccc(C(C)(C)C)cc1. The topological polar surface area (TPSA) is 58.9 Å². The Labute approximate surface area is 127 Å². The maximum Gasteiger partial charge on any atom is 0.186 e. The molecule has 0 amide bonds. The minimum Gasteiger partial charge on any atom is -0.385 e. The molecule has 2 N–H and O–H groups in total. The van der Waals surface area contributed by atoms with Crippen molar-refractivity contribution in [1.82, 2.24) is 0 Å². The molecule has 0 bridgehead atoms. The Morgan fingerprint density at radius 3 is 1.81 bits per heavy atom. The van der Waals surface area contributed by atoms with E-state index in [9.17, 15) is 10.2 Å². The summed E-state index contributed by atoms with van der Waals surface area (Å²) < 4.78 is 10.7. The van der Waals surface area contributed by atoms with Crippen LogP contribution in [-0.4, -0.2) is 35.8 Å². The highest BCUT2D eigenvalue weighted by atomic mass is 16.7. The van der Waals surface area contributed by atoms with Gasteiger partial charge < -0.3 is 19.7 Å². The van der Waals surface area contributed by atoms with Crippen molar-refractivity contribution in [2.75, 3.05) is 13.2 Å². The lowest BCUT2D eigenvalue weighted by atomic mass is 9.86. The van der Waals surface area contributed by atoms with Crippen LogP contribution in [0.2, 0.25) is 0 Å². The van der Waals surface area contributed by atoms with E-state index in [1.54, 1.807) is 0 Å². The van der Waals surface area contributed by atoms with Crippen LogP contribution in [0.3, 0.4) is 0 Å². The second-order valence-corrected chi connectivity index (χ2v) is 6.09. The van der Waals surface area contributed by atoms with E-state index in [1.807, 2.05) is 38.1 Å². The highest BCUT2D eigenvalue weighted by Crippen LogP contribution is 2.26. The van der Waals surface area contributed by atoms with E-state index >= 15 is 0 Å². The summed E-state index contributed by atoms with van der Waals surface area (Å²) in [6.45, 7) is 10.9. The van der Waals surface area contributed by atoms with Crippen LogP contribution in [0.15, 0.2) is 24.3 Å². The molecule has 4 nitrogen and oxygen atoms in total. The Morgan fingerprint density at radius 1 is 0.952 bits per heavy atom. The molecular formula is C17H28O4. The first kappa shape index (κ1) is 18.1. The van der Waals surface area contributed by atoms with Crippen LogP contribution in [-0.2, 0) is 14.9 Å². The van der Waals surface area contributed by atoms with Crippen molar-refractivity contribution in [2.45, 2.75) is 58.5 Å². The zero-order valence-electron chi connectivity index (χ0n) is 13.7. The molecule has 0 unspecified atom stereocenters. The van der Waals surface area contributed by atoms with Gasteiger partial charge in [-0.15, -0.1) is 0 Å². The molecule has 0 saturated heterocycles. The van der Waals surface area contributed by atoms with E-state index in [1.165, 1.54) is 5.56 Å². The molecule has 0 spiro atoms. The van der Waals surface area contributed by atoms with Gasteiger partial charge in [-0.2, -0.15) is 0 Å². The van der Waals surface area contributed by atoms with Gasteiger partial charge in [-0.25, -0.2) is 0 Å².